The van der Waals surface area contributed by atoms with Crippen LogP contribution in [0, 0.1) is 0 Å². The fourth-order valence-electron chi connectivity index (χ4n) is 3.03. The Morgan fingerprint density at radius 2 is 1.37 bits per heavy atom. The van der Waals surface area contributed by atoms with E-state index in [2.05, 4.69) is 62.4 Å². The van der Waals surface area contributed by atoms with Gasteiger partial charge in [-0.15, -0.1) is 0 Å². The minimum atomic E-state index is 0.261. The number of benzene rings is 3. The van der Waals surface area contributed by atoms with Gasteiger partial charge in [-0.25, -0.2) is 0 Å². The predicted molar refractivity (Wildman–Crippen MR) is 112 cm³/mol. The Morgan fingerprint density at radius 1 is 0.741 bits per heavy atom. The fraction of sp³-hybridized carbons (Fsp3) is 0.280. The summed E-state index contributed by atoms with van der Waals surface area (Å²) in [5.74, 6) is 0.890. The second kappa shape index (κ2) is 9.94. The third kappa shape index (κ3) is 5.97. The van der Waals surface area contributed by atoms with Gasteiger partial charge in [0.05, 0.1) is 6.10 Å². The van der Waals surface area contributed by atoms with Crippen LogP contribution in [-0.2, 0) is 17.8 Å². The molecule has 27 heavy (non-hydrogen) atoms. The molecule has 2 heteroatoms. The van der Waals surface area contributed by atoms with Gasteiger partial charge in [0.15, 0.2) is 0 Å². The first-order valence-electron chi connectivity index (χ1n) is 9.72. The molecule has 3 aromatic rings. The van der Waals surface area contributed by atoms with Crippen molar-refractivity contribution in [2.45, 2.75) is 39.4 Å². The van der Waals surface area contributed by atoms with Crippen molar-refractivity contribution in [3.63, 3.8) is 0 Å². The van der Waals surface area contributed by atoms with Crippen LogP contribution >= 0.6 is 0 Å². The van der Waals surface area contributed by atoms with Crippen molar-refractivity contribution in [2.24, 2.45) is 0 Å². The minimum absolute atomic E-state index is 0.261. The molecule has 1 unspecified atom stereocenters. The SMILES string of the molecule is CCCOC(C)Cc1ccc(-c2ccc(OCc3ccccc3)cc2)cc1. The summed E-state index contributed by atoms with van der Waals surface area (Å²) in [6, 6.07) is 27.3. The van der Waals surface area contributed by atoms with Crippen molar-refractivity contribution >= 4 is 0 Å². The van der Waals surface area contributed by atoms with Crippen LogP contribution in [0.1, 0.15) is 31.4 Å². The highest BCUT2D eigenvalue weighted by molar-refractivity contribution is 5.64. The molecule has 1 atom stereocenters. The average molecular weight is 360 g/mol. The first kappa shape index (κ1) is 19.2. The van der Waals surface area contributed by atoms with Gasteiger partial charge in [0.1, 0.15) is 12.4 Å². The van der Waals surface area contributed by atoms with Crippen molar-refractivity contribution < 1.29 is 9.47 Å². The smallest absolute Gasteiger partial charge is 0.119 e. The summed E-state index contributed by atoms with van der Waals surface area (Å²) in [6.45, 7) is 5.70. The van der Waals surface area contributed by atoms with Gasteiger partial charge in [0.25, 0.3) is 0 Å². The van der Waals surface area contributed by atoms with E-state index < -0.39 is 0 Å². The Balaban J connectivity index is 1.56. The van der Waals surface area contributed by atoms with Crippen LogP contribution in [0.25, 0.3) is 11.1 Å². The van der Waals surface area contributed by atoms with E-state index in [9.17, 15) is 0 Å². The molecular weight excluding hydrogens is 332 g/mol. The Morgan fingerprint density at radius 3 is 2.00 bits per heavy atom. The normalized spacial score (nSPS) is 11.9. The molecule has 3 aromatic carbocycles. The monoisotopic (exact) mass is 360 g/mol. The van der Waals surface area contributed by atoms with Gasteiger partial charge in [0.2, 0.25) is 0 Å². The zero-order valence-electron chi connectivity index (χ0n) is 16.2. The molecule has 0 heterocycles. The molecule has 3 rings (SSSR count). The first-order chi connectivity index (χ1) is 13.2. The number of ether oxygens (including phenoxy) is 2. The topological polar surface area (TPSA) is 18.5 Å². The predicted octanol–water partition coefficient (Wildman–Crippen LogP) is 6.29. The molecule has 0 saturated carbocycles. The zero-order chi connectivity index (χ0) is 18.9. The van der Waals surface area contributed by atoms with Gasteiger partial charge < -0.3 is 9.47 Å². The summed E-state index contributed by atoms with van der Waals surface area (Å²) in [5, 5.41) is 0. The largest absolute Gasteiger partial charge is 0.489 e. The summed E-state index contributed by atoms with van der Waals surface area (Å²) >= 11 is 0. The van der Waals surface area contributed by atoms with E-state index in [0.717, 1.165) is 25.2 Å². The Labute approximate surface area is 162 Å². The van der Waals surface area contributed by atoms with Crippen LogP contribution in [0.5, 0.6) is 5.75 Å². The van der Waals surface area contributed by atoms with Crippen molar-refractivity contribution in [1.29, 1.82) is 0 Å². The van der Waals surface area contributed by atoms with E-state index in [4.69, 9.17) is 9.47 Å². The molecule has 0 saturated heterocycles. The van der Waals surface area contributed by atoms with E-state index in [0.29, 0.717) is 6.61 Å². The van der Waals surface area contributed by atoms with Gasteiger partial charge in [-0.3, -0.25) is 0 Å². The van der Waals surface area contributed by atoms with Gasteiger partial charge >= 0.3 is 0 Å². The lowest BCUT2D eigenvalue weighted by Crippen LogP contribution is -2.12. The second-order valence-corrected chi connectivity index (χ2v) is 6.88. The maximum Gasteiger partial charge on any atom is 0.119 e. The summed E-state index contributed by atoms with van der Waals surface area (Å²) < 4.78 is 11.6. The molecule has 0 aliphatic rings. The van der Waals surface area contributed by atoms with Gasteiger partial charge in [0, 0.05) is 6.61 Å². The van der Waals surface area contributed by atoms with E-state index in [1.165, 1.54) is 22.3 Å². The Hall–Kier alpha value is -2.58. The summed E-state index contributed by atoms with van der Waals surface area (Å²) in [5.41, 5.74) is 4.90. The van der Waals surface area contributed by atoms with Gasteiger partial charge in [-0.2, -0.15) is 0 Å². The van der Waals surface area contributed by atoms with Gasteiger partial charge in [-0.1, -0.05) is 73.7 Å². The van der Waals surface area contributed by atoms with Crippen molar-refractivity contribution in [3.05, 3.63) is 90.0 Å². The van der Waals surface area contributed by atoms with E-state index in [1.54, 1.807) is 0 Å². The van der Waals surface area contributed by atoms with Gasteiger partial charge in [-0.05, 0) is 54.2 Å². The summed E-state index contributed by atoms with van der Waals surface area (Å²) in [7, 11) is 0. The third-order valence-corrected chi connectivity index (χ3v) is 4.52. The third-order valence-electron chi connectivity index (χ3n) is 4.52. The molecule has 2 nitrogen and oxygen atoms in total. The Bertz CT molecular complexity index is 792. The van der Waals surface area contributed by atoms with Crippen LogP contribution in [-0.4, -0.2) is 12.7 Å². The molecular formula is C25H28O2. The standard InChI is InChI=1S/C25H28O2/c1-3-17-26-20(2)18-21-9-11-23(12-10-21)24-13-15-25(16-14-24)27-19-22-7-5-4-6-8-22/h4-16,20H,3,17-19H2,1-2H3. The molecule has 0 fully saturated rings. The number of rotatable bonds is 9. The highest BCUT2D eigenvalue weighted by atomic mass is 16.5. The maximum atomic E-state index is 5.86. The first-order valence-corrected chi connectivity index (χ1v) is 9.72. The molecule has 0 N–H and O–H groups in total. The average Bonchev–Trinajstić information content (AvgIpc) is 2.72. The highest BCUT2D eigenvalue weighted by Crippen LogP contribution is 2.24. The van der Waals surface area contributed by atoms with Crippen LogP contribution in [0.2, 0.25) is 0 Å². The van der Waals surface area contributed by atoms with Crippen molar-refractivity contribution in [1.82, 2.24) is 0 Å². The molecule has 0 amide bonds. The molecule has 140 valence electrons. The molecule has 0 aliphatic carbocycles. The quantitative estimate of drug-likeness (QED) is 0.446. The van der Waals surface area contributed by atoms with Crippen LogP contribution in [0.4, 0.5) is 0 Å². The lowest BCUT2D eigenvalue weighted by atomic mass is 10.0. The van der Waals surface area contributed by atoms with Crippen LogP contribution < -0.4 is 4.74 Å². The molecule has 0 bridgehead atoms. The fourth-order valence-corrected chi connectivity index (χ4v) is 3.03. The number of hydrogen-bond donors (Lipinski definition) is 0. The van der Waals surface area contributed by atoms with Crippen LogP contribution in [0.3, 0.4) is 0 Å². The second-order valence-electron chi connectivity index (χ2n) is 6.88. The lowest BCUT2D eigenvalue weighted by molar-refractivity contribution is 0.0669. The summed E-state index contributed by atoms with van der Waals surface area (Å²) in [6.07, 6.45) is 2.28. The summed E-state index contributed by atoms with van der Waals surface area (Å²) in [4.78, 5) is 0. The lowest BCUT2D eigenvalue weighted by Gasteiger charge is -2.13. The van der Waals surface area contributed by atoms with E-state index in [-0.39, 0.29) is 6.10 Å². The zero-order valence-corrected chi connectivity index (χ0v) is 16.2. The minimum Gasteiger partial charge on any atom is -0.489 e. The maximum absolute atomic E-state index is 5.86. The van der Waals surface area contributed by atoms with E-state index in [1.807, 2.05) is 30.3 Å². The number of hydrogen-bond acceptors (Lipinski definition) is 2. The molecule has 0 spiro atoms. The molecule has 0 radical (unpaired) electrons. The van der Waals surface area contributed by atoms with Crippen molar-refractivity contribution in [3.8, 4) is 16.9 Å². The highest BCUT2D eigenvalue weighted by Gasteiger charge is 2.05. The van der Waals surface area contributed by atoms with Crippen molar-refractivity contribution in [2.75, 3.05) is 6.61 Å². The Kier molecular flexibility index (Phi) is 7.06. The molecule has 0 aliphatic heterocycles. The van der Waals surface area contributed by atoms with E-state index >= 15 is 0 Å². The molecule has 0 aromatic heterocycles. The van der Waals surface area contributed by atoms with Crippen LogP contribution in [0.15, 0.2) is 78.9 Å².